The van der Waals surface area contributed by atoms with E-state index >= 15 is 0 Å². The first-order chi connectivity index (χ1) is 7.43. The minimum atomic E-state index is -0.339. The Morgan fingerprint density at radius 1 is 1.56 bits per heavy atom. The van der Waals surface area contributed by atoms with Crippen molar-refractivity contribution in [3.63, 3.8) is 0 Å². The highest BCUT2D eigenvalue weighted by Crippen LogP contribution is 2.14. The number of hydrogen-bond acceptors (Lipinski definition) is 3. The third-order valence-corrected chi connectivity index (χ3v) is 2.25. The van der Waals surface area contributed by atoms with E-state index in [1.807, 2.05) is 33.0 Å². The minimum Gasteiger partial charge on any atom is -0.411 e. The number of ketones is 1. The van der Waals surface area contributed by atoms with Gasteiger partial charge in [0.15, 0.2) is 12.4 Å². The lowest BCUT2D eigenvalue weighted by molar-refractivity contribution is -0.684. The van der Waals surface area contributed by atoms with E-state index in [1.54, 1.807) is 16.8 Å². The van der Waals surface area contributed by atoms with Crippen LogP contribution in [-0.4, -0.2) is 17.2 Å². The average molecular weight is 221 g/mol. The van der Waals surface area contributed by atoms with Gasteiger partial charge in [0, 0.05) is 11.5 Å². The van der Waals surface area contributed by atoms with Crippen molar-refractivity contribution in [2.45, 2.75) is 27.3 Å². The van der Waals surface area contributed by atoms with Gasteiger partial charge >= 0.3 is 0 Å². The summed E-state index contributed by atoms with van der Waals surface area (Å²) in [7, 11) is 0. The number of carbonyl (C=O) groups excluding carboxylic acids is 1. The number of aromatic nitrogens is 1. The van der Waals surface area contributed by atoms with Gasteiger partial charge in [-0.3, -0.25) is 4.79 Å². The predicted molar refractivity (Wildman–Crippen MR) is 60.5 cm³/mol. The van der Waals surface area contributed by atoms with Crippen LogP contribution < -0.4 is 4.57 Å². The van der Waals surface area contributed by atoms with Crippen molar-refractivity contribution in [1.82, 2.24) is 0 Å². The predicted octanol–water partition coefficient (Wildman–Crippen LogP) is 1.40. The smallest absolute Gasteiger partial charge is 0.207 e. The molecule has 0 saturated carbocycles. The maximum Gasteiger partial charge on any atom is 0.207 e. The molecule has 0 fully saturated rings. The zero-order chi connectivity index (χ0) is 12.2. The lowest BCUT2D eigenvalue weighted by Crippen LogP contribution is -2.41. The topological polar surface area (TPSA) is 53.5 Å². The van der Waals surface area contributed by atoms with E-state index in [1.165, 1.54) is 6.21 Å². The standard InChI is InChI=1S/C12H16N2O2/c1-12(2,3)11(15)9-14-6-4-5-10(8-14)7-13-16/h4-8H,9H2,1-3H3/p+1/b13-7+. The highest BCUT2D eigenvalue weighted by Gasteiger charge is 2.24. The van der Waals surface area contributed by atoms with Gasteiger partial charge in [-0.15, -0.1) is 0 Å². The summed E-state index contributed by atoms with van der Waals surface area (Å²) in [4.78, 5) is 11.8. The zero-order valence-electron chi connectivity index (χ0n) is 9.84. The molecule has 0 saturated heterocycles. The Morgan fingerprint density at radius 3 is 2.81 bits per heavy atom. The van der Waals surface area contributed by atoms with Crippen molar-refractivity contribution in [2.24, 2.45) is 10.6 Å². The first kappa shape index (κ1) is 12.4. The SMILES string of the molecule is CC(C)(C)C(=O)C[n+]1cccc(/C=N/O)c1. The van der Waals surface area contributed by atoms with Gasteiger partial charge in [-0.2, -0.15) is 4.57 Å². The zero-order valence-corrected chi connectivity index (χ0v) is 9.84. The van der Waals surface area contributed by atoms with Gasteiger partial charge < -0.3 is 5.21 Å². The van der Waals surface area contributed by atoms with Crippen LogP contribution in [-0.2, 0) is 11.3 Å². The molecule has 1 heterocycles. The van der Waals surface area contributed by atoms with Gasteiger partial charge in [0.2, 0.25) is 12.3 Å². The average Bonchev–Trinajstić information content (AvgIpc) is 2.17. The maximum atomic E-state index is 11.8. The molecule has 86 valence electrons. The summed E-state index contributed by atoms with van der Waals surface area (Å²) in [6, 6.07) is 3.62. The minimum absolute atomic E-state index is 0.163. The second-order valence-corrected chi connectivity index (χ2v) is 4.73. The molecule has 0 aromatic carbocycles. The van der Waals surface area contributed by atoms with Crippen LogP contribution in [0.4, 0.5) is 0 Å². The Labute approximate surface area is 95.2 Å². The molecule has 0 atom stereocenters. The Kier molecular flexibility index (Phi) is 3.77. The Bertz CT molecular complexity index is 406. The highest BCUT2D eigenvalue weighted by atomic mass is 16.4. The Balaban J connectivity index is 2.82. The van der Waals surface area contributed by atoms with Crippen molar-refractivity contribution < 1.29 is 14.6 Å². The molecule has 0 aliphatic heterocycles. The van der Waals surface area contributed by atoms with Crippen LogP contribution in [0.25, 0.3) is 0 Å². The summed E-state index contributed by atoms with van der Waals surface area (Å²) in [5.74, 6) is 0.163. The fourth-order valence-electron chi connectivity index (χ4n) is 1.19. The summed E-state index contributed by atoms with van der Waals surface area (Å²) >= 11 is 0. The van der Waals surface area contributed by atoms with Gasteiger partial charge in [-0.05, 0) is 6.07 Å². The maximum absolute atomic E-state index is 11.8. The normalized spacial score (nSPS) is 11.9. The molecule has 0 spiro atoms. The summed E-state index contributed by atoms with van der Waals surface area (Å²) in [5, 5.41) is 11.4. The summed E-state index contributed by atoms with van der Waals surface area (Å²) in [6.07, 6.45) is 4.92. The van der Waals surface area contributed by atoms with Crippen LogP contribution in [0.2, 0.25) is 0 Å². The van der Waals surface area contributed by atoms with E-state index in [9.17, 15) is 4.79 Å². The summed E-state index contributed by atoms with van der Waals surface area (Å²) < 4.78 is 1.78. The number of carbonyl (C=O) groups is 1. The van der Waals surface area contributed by atoms with E-state index in [0.29, 0.717) is 6.54 Å². The van der Waals surface area contributed by atoms with Gasteiger partial charge in [-0.1, -0.05) is 25.9 Å². The fourth-order valence-corrected chi connectivity index (χ4v) is 1.19. The quantitative estimate of drug-likeness (QED) is 0.363. The van der Waals surface area contributed by atoms with Crippen LogP contribution in [0, 0.1) is 5.41 Å². The van der Waals surface area contributed by atoms with Crippen molar-refractivity contribution in [3.8, 4) is 0 Å². The number of oxime groups is 1. The van der Waals surface area contributed by atoms with Crippen LogP contribution >= 0.6 is 0 Å². The van der Waals surface area contributed by atoms with Crippen LogP contribution in [0.15, 0.2) is 29.7 Å². The Hall–Kier alpha value is -1.71. The molecule has 0 radical (unpaired) electrons. The number of pyridine rings is 1. The summed E-state index contributed by atoms with van der Waals surface area (Å²) in [5.41, 5.74) is 0.417. The molecule has 4 nitrogen and oxygen atoms in total. The van der Waals surface area contributed by atoms with Crippen molar-refractivity contribution in [3.05, 3.63) is 30.1 Å². The first-order valence-corrected chi connectivity index (χ1v) is 5.13. The molecule has 0 amide bonds. The van der Waals surface area contributed by atoms with E-state index in [-0.39, 0.29) is 11.2 Å². The monoisotopic (exact) mass is 221 g/mol. The molecular formula is C12H17N2O2+. The molecule has 1 rings (SSSR count). The van der Waals surface area contributed by atoms with Crippen LogP contribution in [0.1, 0.15) is 26.3 Å². The second-order valence-electron chi connectivity index (χ2n) is 4.73. The summed E-state index contributed by atoms with van der Waals surface area (Å²) in [6.45, 7) is 6.02. The molecule has 0 aliphatic rings. The van der Waals surface area contributed by atoms with E-state index in [2.05, 4.69) is 5.16 Å². The molecule has 0 bridgehead atoms. The first-order valence-electron chi connectivity index (χ1n) is 5.13. The van der Waals surface area contributed by atoms with Gasteiger partial charge in [-0.25, -0.2) is 0 Å². The van der Waals surface area contributed by atoms with Gasteiger partial charge in [0.25, 0.3) is 0 Å². The largest absolute Gasteiger partial charge is 0.411 e. The van der Waals surface area contributed by atoms with E-state index < -0.39 is 0 Å². The number of hydrogen-bond donors (Lipinski definition) is 1. The van der Waals surface area contributed by atoms with Crippen molar-refractivity contribution in [2.75, 3.05) is 0 Å². The Morgan fingerprint density at radius 2 is 2.25 bits per heavy atom. The molecule has 4 heteroatoms. The number of Topliss-reactive ketones (excluding diaryl/α,β-unsaturated/α-hetero) is 1. The molecule has 1 N–H and O–H groups in total. The molecule has 16 heavy (non-hydrogen) atoms. The molecule has 1 aromatic heterocycles. The lowest BCUT2D eigenvalue weighted by atomic mass is 9.91. The van der Waals surface area contributed by atoms with Crippen molar-refractivity contribution >= 4 is 12.0 Å². The number of rotatable bonds is 3. The third-order valence-electron chi connectivity index (χ3n) is 2.25. The molecular weight excluding hydrogens is 204 g/mol. The van der Waals surface area contributed by atoms with Crippen molar-refractivity contribution in [1.29, 1.82) is 0 Å². The van der Waals surface area contributed by atoms with E-state index in [4.69, 9.17) is 5.21 Å². The second kappa shape index (κ2) is 4.88. The third kappa shape index (κ3) is 3.46. The van der Waals surface area contributed by atoms with E-state index in [0.717, 1.165) is 5.56 Å². The number of nitrogens with zero attached hydrogens (tertiary/aromatic N) is 2. The highest BCUT2D eigenvalue weighted by molar-refractivity contribution is 5.82. The van der Waals surface area contributed by atoms with Crippen LogP contribution in [0.3, 0.4) is 0 Å². The lowest BCUT2D eigenvalue weighted by Gasteiger charge is -2.13. The van der Waals surface area contributed by atoms with Gasteiger partial charge in [0.1, 0.15) is 0 Å². The van der Waals surface area contributed by atoms with Gasteiger partial charge in [0.05, 0.1) is 11.8 Å². The molecule has 0 aliphatic carbocycles. The fraction of sp³-hybridized carbons (Fsp3) is 0.417. The van der Waals surface area contributed by atoms with Crippen LogP contribution in [0.5, 0.6) is 0 Å². The molecule has 1 aromatic rings. The molecule has 0 unspecified atom stereocenters.